The lowest BCUT2D eigenvalue weighted by Crippen LogP contribution is -2.33. The van der Waals surface area contributed by atoms with Gasteiger partial charge < -0.3 is 4.52 Å². The molecule has 1 saturated heterocycles. The maximum atomic E-state index is 6.41. The van der Waals surface area contributed by atoms with Crippen LogP contribution in [-0.2, 0) is 6.54 Å². The molecule has 3 heterocycles. The molecule has 4 rings (SSSR count). The first-order valence-electron chi connectivity index (χ1n) is 8.77. The summed E-state index contributed by atoms with van der Waals surface area (Å²) >= 11 is 12.6. The Kier molecular flexibility index (Phi) is 5.02. The van der Waals surface area contributed by atoms with Crippen LogP contribution in [0, 0.1) is 6.92 Å². The number of nitrogens with zero attached hydrogens (tertiary/aromatic N) is 3. The van der Waals surface area contributed by atoms with Gasteiger partial charge in [0.05, 0.1) is 39.2 Å². The largest absolute Gasteiger partial charge is 0.356 e. The summed E-state index contributed by atoms with van der Waals surface area (Å²) in [6.07, 6.45) is 5.22. The van der Waals surface area contributed by atoms with Crippen molar-refractivity contribution in [3.05, 3.63) is 57.5 Å². The lowest BCUT2D eigenvalue weighted by Gasteiger charge is -2.35. The van der Waals surface area contributed by atoms with Gasteiger partial charge in [0.2, 0.25) is 0 Å². The van der Waals surface area contributed by atoms with Crippen molar-refractivity contribution in [1.82, 2.24) is 20.3 Å². The number of likely N-dealkylation sites (tertiary alicyclic amines) is 1. The van der Waals surface area contributed by atoms with Crippen LogP contribution in [0.4, 0.5) is 0 Å². The number of benzene rings is 1. The first kappa shape index (κ1) is 17.6. The molecule has 1 aromatic carbocycles. The molecule has 136 valence electrons. The highest BCUT2D eigenvalue weighted by Gasteiger charge is 2.29. The second-order valence-corrected chi connectivity index (χ2v) is 7.51. The normalized spacial score (nSPS) is 18.3. The first-order chi connectivity index (χ1) is 12.6. The van der Waals surface area contributed by atoms with Gasteiger partial charge in [0.15, 0.2) is 5.76 Å². The van der Waals surface area contributed by atoms with Crippen LogP contribution in [0.3, 0.4) is 0 Å². The number of hydrogen-bond donors (Lipinski definition) is 1. The third-order valence-corrected chi connectivity index (χ3v) is 5.77. The van der Waals surface area contributed by atoms with Gasteiger partial charge in [0.1, 0.15) is 0 Å². The fourth-order valence-electron chi connectivity index (χ4n) is 3.63. The first-order valence-corrected chi connectivity index (χ1v) is 9.53. The molecule has 1 fully saturated rings. The Bertz CT molecular complexity index is 905. The SMILES string of the molecule is Cc1cc(-c2cn[nH]c2[C@H]2CCCCN2Cc2cccc(Cl)c2Cl)on1. The number of aromatic amines is 1. The van der Waals surface area contributed by atoms with Gasteiger partial charge in [0.25, 0.3) is 0 Å². The second kappa shape index (κ2) is 7.43. The average Bonchev–Trinajstić information content (AvgIpc) is 3.28. The average molecular weight is 391 g/mol. The van der Waals surface area contributed by atoms with E-state index in [1.54, 1.807) is 0 Å². The standard InChI is InChI=1S/C19H20Cl2N4O/c1-12-9-17(26-24-12)14-10-22-23-19(14)16-7-2-3-8-25(16)11-13-5-4-6-15(20)18(13)21/h4-6,9-10,16H,2-3,7-8,11H2,1H3,(H,22,23)/t16-/m1/s1. The van der Waals surface area contributed by atoms with E-state index in [0.29, 0.717) is 10.0 Å². The van der Waals surface area contributed by atoms with Gasteiger partial charge in [-0.2, -0.15) is 5.10 Å². The van der Waals surface area contributed by atoms with Crippen LogP contribution in [0.1, 0.15) is 42.3 Å². The van der Waals surface area contributed by atoms with Crippen LogP contribution < -0.4 is 0 Å². The van der Waals surface area contributed by atoms with E-state index in [9.17, 15) is 0 Å². The third-order valence-electron chi connectivity index (χ3n) is 4.91. The molecule has 5 nitrogen and oxygen atoms in total. The minimum atomic E-state index is 0.224. The molecule has 0 unspecified atom stereocenters. The fourth-order valence-corrected chi connectivity index (χ4v) is 4.01. The summed E-state index contributed by atoms with van der Waals surface area (Å²) in [5.74, 6) is 0.748. The number of rotatable bonds is 4. The van der Waals surface area contributed by atoms with Crippen LogP contribution in [0.15, 0.2) is 35.0 Å². The summed E-state index contributed by atoms with van der Waals surface area (Å²) in [5, 5.41) is 12.7. The number of H-pyrrole nitrogens is 1. The number of piperidine rings is 1. The number of aromatic nitrogens is 3. The lowest BCUT2D eigenvalue weighted by atomic mass is 9.95. The number of halogens is 2. The zero-order valence-corrected chi connectivity index (χ0v) is 16.0. The molecule has 0 amide bonds. The molecule has 1 aliphatic rings. The third kappa shape index (κ3) is 3.39. The van der Waals surface area contributed by atoms with Crippen LogP contribution >= 0.6 is 23.2 Å². The molecule has 0 bridgehead atoms. The van der Waals surface area contributed by atoms with Gasteiger partial charge in [-0.15, -0.1) is 0 Å². The molecular weight excluding hydrogens is 371 g/mol. The predicted molar refractivity (Wildman–Crippen MR) is 102 cm³/mol. The van der Waals surface area contributed by atoms with Gasteiger partial charge >= 0.3 is 0 Å². The maximum absolute atomic E-state index is 6.41. The van der Waals surface area contributed by atoms with Crippen molar-refractivity contribution in [3.63, 3.8) is 0 Å². The molecule has 3 aromatic rings. The summed E-state index contributed by atoms with van der Waals surface area (Å²) in [6.45, 7) is 3.67. The topological polar surface area (TPSA) is 58.0 Å². The monoisotopic (exact) mass is 390 g/mol. The van der Waals surface area contributed by atoms with E-state index in [-0.39, 0.29) is 6.04 Å². The van der Waals surface area contributed by atoms with E-state index in [1.807, 2.05) is 37.4 Å². The minimum absolute atomic E-state index is 0.224. The molecule has 7 heteroatoms. The van der Waals surface area contributed by atoms with Gasteiger partial charge in [0, 0.05) is 12.6 Å². The van der Waals surface area contributed by atoms with E-state index >= 15 is 0 Å². The zero-order chi connectivity index (χ0) is 18.1. The smallest absolute Gasteiger partial charge is 0.170 e. The fraction of sp³-hybridized carbons (Fsp3) is 0.368. The van der Waals surface area contributed by atoms with E-state index in [4.69, 9.17) is 27.7 Å². The van der Waals surface area contributed by atoms with Gasteiger partial charge in [-0.3, -0.25) is 10.00 Å². The van der Waals surface area contributed by atoms with Crippen molar-refractivity contribution in [2.45, 2.75) is 38.8 Å². The Morgan fingerprint density at radius 2 is 2.19 bits per heavy atom. The van der Waals surface area contributed by atoms with Crippen molar-refractivity contribution < 1.29 is 4.52 Å². The number of nitrogens with one attached hydrogen (secondary N) is 1. The highest BCUT2D eigenvalue weighted by molar-refractivity contribution is 6.42. The summed E-state index contributed by atoms with van der Waals surface area (Å²) < 4.78 is 5.46. The minimum Gasteiger partial charge on any atom is -0.356 e. The van der Waals surface area contributed by atoms with Crippen molar-refractivity contribution in [3.8, 4) is 11.3 Å². The van der Waals surface area contributed by atoms with Gasteiger partial charge in [-0.05, 0) is 37.9 Å². The summed E-state index contributed by atoms with van der Waals surface area (Å²) in [6, 6.07) is 7.96. The molecule has 1 aliphatic heterocycles. The molecule has 0 spiro atoms. The molecule has 1 N–H and O–H groups in total. The molecule has 0 saturated carbocycles. The Labute approximate surface area is 162 Å². The van der Waals surface area contributed by atoms with Crippen LogP contribution in [0.25, 0.3) is 11.3 Å². The molecule has 0 radical (unpaired) electrons. The summed E-state index contributed by atoms with van der Waals surface area (Å²) in [5.41, 5.74) is 3.94. The van der Waals surface area contributed by atoms with Crippen molar-refractivity contribution in [1.29, 1.82) is 0 Å². The highest BCUT2D eigenvalue weighted by atomic mass is 35.5. The highest BCUT2D eigenvalue weighted by Crippen LogP contribution is 2.37. The zero-order valence-electron chi connectivity index (χ0n) is 14.5. The number of aryl methyl sites for hydroxylation is 1. The van der Waals surface area contributed by atoms with E-state index in [0.717, 1.165) is 47.8 Å². The molecule has 0 aliphatic carbocycles. The maximum Gasteiger partial charge on any atom is 0.170 e. The Balaban J connectivity index is 1.65. The van der Waals surface area contributed by atoms with E-state index < -0.39 is 0 Å². The van der Waals surface area contributed by atoms with E-state index in [1.165, 1.54) is 12.8 Å². The quantitative estimate of drug-likeness (QED) is 0.646. The Morgan fingerprint density at radius 1 is 1.31 bits per heavy atom. The molecule has 26 heavy (non-hydrogen) atoms. The number of hydrogen-bond acceptors (Lipinski definition) is 4. The summed E-state index contributed by atoms with van der Waals surface area (Å²) in [4.78, 5) is 2.43. The lowest BCUT2D eigenvalue weighted by molar-refractivity contribution is 0.137. The van der Waals surface area contributed by atoms with Crippen LogP contribution in [-0.4, -0.2) is 26.8 Å². The van der Waals surface area contributed by atoms with Crippen molar-refractivity contribution >= 4 is 23.2 Å². The molecule has 1 atom stereocenters. The van der Waals surface area contributed by atoms with Crippen molar-refractivity contribution in [2.75, 3.05) is 6.54 Å². The Morgan fingerprint density at radius 3 is 3.00 bits per heavy atom. The second-order valence-electron chi connectivity index (χ2n) is 6.72. The van der Waals surface area contributed by atoms with Gasteiger partial charge in [-0.1, -0.05) is 46.9 Å². The Hall–Kier alpha value is -1.82. The summed E-state index contributed by atoms with van der Waals surface area (Å²) in [7, 11) is 0. The predicted octanol–water partition coefficient (Wildman–Crippen LogP) is 5.41. The van der Waals surface area contributed by atoms with Gasteiger partial charge in [-0.25, -0.2) is 0 Å². The molecule has 2 aromatic heterocycles. The molecular formula is C19H20Cl2N4O. The van der Waals surface area contributed by atoms with E-state index in [2.05, 4.69) is 20.3 Å². The van der Waals surface area contributed by atoms with Crippen molar-refractivity contribution in [2.24, 2.45) is 0 Å². The van der Waals surface area contributed by atoms with Crippen LogP contribution in [0.5, 0.6) is 0 Å². The van der Waals surface area contributed by atoms with Crippen LogP contribution in [0.2, 0.25) is 10.0 Å².